The van der Waals surface area contributed by atoms with Crippen LogP contribution in [0.2, 0.25) is 0 Å². The molecule has 16 nitrogen and oxygen atoms in total. The molecular weight excluding hydrogens is 664 g/mol. The van der Waals surface area contributed by atoms with Gasteiger partial charge in [-0.15, -0.1) is 0 Å². The molecule has 0 radical (unpaired) electrons. The van der Waals surface area contributed by atoms with Crippen LogP contribution in [0.25, 0.3) is 0 Å². The van der Waals surface area contributed by atoms with E-state index in [0.717, 1.165) is 0 Å². The molecule has 6 N–H and O–H groups in total. The Morgan fingerprint density at radius 1 is 0.860 bits per heavy atom. The lowest BCUT2D eigenvalue weighted by atomic mass is 9.81. The average molecular weight is 705 g/mol. The highest BCUT2D eigenvalue weighted by atomic mass is 16.7. The van der Waals surface area contributed by atoms with Gasteiger partial charge in [0.05, 0.1) is 45.5 Å². The van der Waals surface area contributed by atoms with Gasteiger partial charge in [-0.25, -0.2) is 0 Å². The van der Waals surface area contributed by atoms with Crippen molar-refractivity contribution in [3.8, 4) is 28.7 Å². The Labute approximate surface area is 286 Å². The molecule has 2 aromatic rings. The topological polar surface area (TPSA) is 222 Å². The summed E-state index contributed by atoms with van der Waals surface area (Å²) in [6, 6.07) is 6.82. The van der Waals surface area contributed by atoms with Crippen LogP contribution < -0.4 is 23.7 Å². The molecule has 2 fully saturated rings. The Kier molecular flexibility index (Phi) is 9.68. The molecule has 0 spiro atoms. The number of benzene rings is 2. The number of fused-ring (bicyclic) bond motifs is 6. The van der Waals surface area contributed by atoms with Gasteiger partial charge in [0, 0.05) is 23.6 Å². The standard InChI is InChI=1S/C34H40O16/c1-13(9-45-34-31(41)29(39)28(38)24(50-34)12-47-33-30(40)27(37)17(35)10-46-33)19-7-16-18(48-19)5-4-14-26(36)25-15-6-21(42-2)22(43-3)8-20(15)44-11-23(25)49-32(14)16/h4-6,8,17,19,23-25,27-31,33-35,37-41H,1,7,9-12H2,2-3H3/t17-,19-,23+,24+,25-,27-,28-,29-,30-,31-,33-,34+/m1/s1. The van der Waals surface area contributed by atoms with Gasteiger partial charge in [0.2, 0.25) is 0 Å². The molecule has 50 heavy (non-hydrogen) atoms. The SMILES string of the molecule is C=C(CO[C@H]1O[C@@H](CO[C@H]2OC[C@@H](O)[C@@H](O)[C@H]2O)[C@@H](O)[C@@H](O)[C@H]1O)[C@H]1Cc2c(ccc3c2O[C@H]2COc4cc(OC)c(OC)cc4[C@H]2C3=O)O1. The quantitative estimate of drug-likeness (QED) is 0.172. The second-order valence-electron chi connectivity index (χ2n) is 12.9. The number of aliphatic hydroxyl groups excluding tert-OH is 6. The summed E-state index contributed by atoms with van der Waals surface area (Å²) in [4.78, 5) is 13.9. The van der Waals surface area contributed by atoms with Gasteiger partial charge in [0.1, 0.15) is 78.8 Å². The Bertz CT molecular complexity index is 1610. The van der Waals surface area contributed by atoms with Crippen LogP contribution in [-0.2, 0) is 25.4 Å². The molecule has 0 aliphatic carbocycles. The Morgan fingerprint density at radius 2 is 1.60 bits per heavy atom. The summed E-state index contributed by atoms with van der Waals surface area (Å²) in [6.07, 6.45) is -14.1. The first-order valence-corrected chi connectivity index (χ1v) is 16.2. The van der Waals surface area contributed by atoms with Crippen molar-refractivity contribution in [3.05, 3.63) is 53.1 Å². The second-order valence-corrected chi connectivity index (χ2v) is 12.9. The van der Waals surface area contributed by atoms with Gasteiger partial charge in [-0.3, -0.25) is 4.79 Å². The normalized spacial score (nSPS) is 35.7. The van der Waals surface area contributed by atoms with Crippen molar-refractivity contribution in [1.82, 2.24) is 0 Å². The first-order valence-electron chi connectivity index (χ1n) is 16.2. The number of methoxy groups -OCH3 is 2. The minimum Gasteiger partial charge on any atom is -0.493 e. The molecule has 16 heteroatoms. The summed E-state index contributed by atoms with van der Waals surface area (Å²) in [5.41, 5.74) is 2.20. The molecule has 12 atom stereocenters. The maximum atomic E-state index is 13.9. The molecule has 0 saturated carbocycles. The minimum absolute atomic E-state index is 0.123. The summed E-state index contributed by atoms with van der Waals surface area (Å²) in [7, 11) is 3.04. The maximum Gasteiger partial charge on any atom is 0.187 e. The highest BCUT2D eigenvalue weighted by Gasteiger charge is 2.48. The Morgan fingerprint density at radius 3 is 2.36 bits per heavy atom. The second kappa shape index (κ2) is 13.9. The largest absolute Gasteiger partial charge is 0.493 e. The number of ether oxygens (including phenoxy) is 9. The summed E-state index contributed by atoms with van der Waals surface area (Å²) in [5, 5.41) is 61.2. The lowest BCUT2D eigenvalue weighted by Gasteiger charge is -2.41. The number of aliphatic hydroxyl groups is 6. The van der Waals surface area contributed by atoms with Gasteiger partial charge in [0.15, 0.2) is 29.9 Å². The van der Waals surface area contributed by atoms with Gasteiger partial charge in [0.25, 0.3) is 0 Å². The third kappa shape index (κ3) is 6.08. The fourth-order valence-corrected chi connectivity index (χ4v) is 6.88. The van der Waals surface area contributed by atoms with Crippen LogP contribution in [0.1, 0.15) is 27.4 Å². The number of hydrogen-bond donors (Lipinski definition) is 6. The van der Waals surface area contributed by atoms with Crippen LogP contribution in [0.5, 0.6) is 28.7 Å². The Hall–Kier alpha value is -3.55. The first kappa shape index (κ1) is 34.9. The fourth-order valence-electron chi connectivity index (χ4n) is 6.88. The van der Waals surface area contributed by atoms with E-state index in [1.807, 2.05) is 0 Å². The number of rotatable bonds is 9. The van der Waals surface area contributed by atoms with E-state index in [0.29, 0.717) is 57.4 Å². The van der Waals surface area contributed by atoms with Gasteiger partial charge >= 0.3 is 0 Å². The third-order valence-corrected chi connectivity index (χ3v) is 9.76. The lowest BCUT2D eigenvalue weighted by Crippen LogP contribution is -2.60. The highest BCUT2D eigenvalue weighted by Crippen LogP contribution is 2.50. The van der Waals surface area contributed by atoms with Crippen molar-refractivity contribution >= 4 is 5.78 Å². The van der Waals surface area contributed by atoms with Crippen molar-refractivity contribution in [2.45, 2.75) is 79.9 Å². The van der Waals surface area contributed by atoms with E-state index in [2.05, 4.69) is 6.58 Å². The number of carbonyl (C=O) groups is 1. The molecule has 7 rings (SSSR count). The van der Waals surface area contributed by atoms with Gasteiger partial charge in [-0.1, -0.05) is 6.58 Å². The molecule has 5 heterocycles. The zero-order valence-corrected chi connectivity index (χ0v) is 27.2. The molecule has 0 bridgehead atoms. The monoisotopic (exact) mass is 704 g/mol. The van der Waals surface area contributed by atoms with Gasteiger partial charge in [-0.05, 0) is 23.8 Å². The number of Topliss-reactive ketones (excluding diaryl/α,β-unsaturated/α-hetero) is 1. The van der Waals surface area contributed by atoms with Gasteiger partial charge < -0.3 is 73.3 Å². The van der Waals surface area contributed by atoms with E-state index in [4.69, 9.17) is 42.6 Å². The van der Waals surface area contributed by atoms with Crippen LogP contribution >= 0.6 is 0 Å². The Balaban J connectivity index is 0.993. The lowest BCUT2D eigenvalue weighted by molar-refractivity contribution is -0.319. The molecule has 2 aromatic carbocycles. The zero-order chi connectivity index (χ0) is 35.4. The summed E-state index contributed by atoms with van der Waals surface area (Å²) in [5.74, 6) is 1.67. The molecule has 0 aromatic heterocycles. The average Bonchev–Trinajstić information content (AvgIpc) is 3.57. The molecule has 272 valence electrons. The first-order chi connectivity index (χ1) is 24.0. The minimum atomic E-state index is -1.67. The zero-order valence-electron chi connectivity index (χ0n) is 27.2. The number of carbonyl (C=O) groups excluding carboxylic acids is 1. The van der Waals surface area contributed by atoms with Crippen molar-refractivity contribution in [3.63, 3.8) is 0 Å². The molecule has 5 aliphatic heterocycles. The van der Waals surface area contributed by atoms with E-state index < -0.39 is 80.0 Å². The maximum absolute atomic E-state index is 13.9. The third-order valence-electron chi connectivity index (χ3n) is 9.76. The number of ketones is 1. The van der Waals surface area contributed by atoms with Crippen LogP contribution in [0.3, 0.4) is 0 Å². The van der Waals surface area contributed by atoms with E-state index >= 15 is 0 Å². The highest BCUT2D eigenvalue weighted by molar-refractivity contribution is 6.06. The van der Waals surface area contributed by atoms with Crippen molar-refractivity contribution in [2.75, 3.05) is 40.6 Å². The van der Waals surface area contributed by atoms with Crippen LogP contribution in [0.4, 0.5) is 0 Å². The number of hydrogen-bond acceptors (Lipinski definition) is 16. The van der Waals surface area contributed by atoms with E-state index in [9.17, 15) is 35.4 Å². The predicted molar refractivity (Wildman–Crippen MR) is 167 cm³/mol. The molecule has 0 unspecified atom stereocenters. The van der Waals surface area contributed by atoms with E-state index in [1.165, 1.54) is 14.2 Å². The van der Waals surface area contributed by atoms with Crippen molar-refractivity contribution in [2.24, 2.45) is 0 Å². The fraction of sp³-hybridized carbons (Fsp3) is 0.559. The smallest absolute Gasteiger partial charge is 0.187 e. The molecule has 2 saturated heterocycles. The van der Waals surface area contributed by atoms with E-state index in [1.54, 1.807) is 24.3 Å². The summed E-state index contributed by atoms with van der Waals surface area (Å²) < 4.78 is 51.5. The van der Waals surface area contributed by atoms with Crippen molar-refractivity contribution < 1.29 is 78.1 Å². The van der Waals surface area contributed by atoms with Crippen LogP contribution in [0.15, 0.2) is 36.4 Å². The van der Waals surface area contributed by atoms with Gasteiger partial charge in [-0.2, -0.15) is 0 Å². The molecule has 5 aliphatic rings. The van der Waals surface area contributed by atoms with E-state index in [-0.39, 0.29) is 25.6 Å². The molecule has 0 amide bonds. The molecular formula is C34H40O16. The summed E-state index contributed by atoms with van der Waals surface area (Å²) in [6.45, 7) is 3.35. The van der Waals surface area contributed by atoms with Crippen molar-refractivity contribution in [1.29, 1.82) is 0 Å². The summed E-state index contributed by atoms with van der Waals surface area (Å²) >= 11 is 0. The van der Waals surface area contributed by atoms with Crippen LogP contribution in [-0.4, -0.2) is 145 Å². The van der Waals surface area contributed by atoms with Crippen LogP contribution in [0, 0.1) is 0 Å². The predicted octanol–water partition coefficient (Wildman–Crippen LogP) is -1.04.